The van der Waals surface area contributed by atoms with Crippen molar-refractivity contribution in [1.82, 2.24) is 20.2 Å². The maximum atomic E-state index is 6.01. The summed E-state index contributed by atoms with van der Waals surface area (Å²) >= 11 is 6.01. The van der Waals surface area contributed by atoms with Crippen molar-refractivity contribution >= 4 is 40.0 Å². The molecule has 0 unspecified atom stereocenters. The summed E-state index contributed by atoms with van der Waals surface area (Å²) in [4.78, 5) is 11.7. The fourth-order valence-corrected chi connectivity index (χ4v) is 3.46. The van der Waals surface area contributed by atoms with Crippen LogP contribution in [0.15, 0.2) is 54.7 Å². The quantitative estimate of drug-likeness (QED) is 0.527. The van der Waals surface area contributed by atoms with Crippen molar-refractivity contribution in [2.24, 2.45) is 0 Å². The van der Waals surface area contributed by atoms with E-state index in [1.165, 1.54) is 0 Å². The number of morpholine rings is 1. The molecule has 7 nitrogen and oxygen atoms in total. The molecular formula is C21H19ClN6O. The fraction of sp³-hybridized carbons (Fsp3) is 0.190. The Morgan fingerprint density at radius 3 is 2.66 bits per heavy atom. The monoisotopic (exact) mass is 406 g/mol. The van der Waals surface area contributed by atoms with Crippen molar-refractivity contribution in [1.29, 1.82) is 0 Å². The van der Waals surface area contributed by atoms with Crippen LogP contribution in [0.5, 0.6) is 0 Å². The second-order valence-electron chi connectivity index (χ2n) is 6.84. The minimum atomic E-state index is 0.675. The van der Waals surface area contributed by atoms with Crippen molar-refractivity contribution in [3.63, 3.8) is 0 Å². The third-order valence-electron chi connectivity index (χ3n) is 4.86. The summed E-state index contributed by atoms with van der Waals surface area (Å²) in [7, 11) is 0. The van der Waals surface area contributed by atoms with Gasteiger partial charge in [0.2, 0.25) is 5.95 Å². The van der Waals surface area contributed by atoms with E-state index in [-0.39, 0.29) is 0 Å². The molecule has 2 aromatic heterocycles. The maximum absolute atomic E-state index is 6.01. The standard InChI is InChI=1S/C21H19ClN6O/c22-16-2-4-17(5-3-16)24-20-12-19(14-1-6-18-15(11-14)13-23-27-18)25-21(26-20)28-7-9-29-10-8-28/h1-6,11-13H,7-10H2,(H,23,27)(H,24,25,26). The predicted octanol–water partition coefficient (Wildman–Crippen LogP) is 4.25. The van der Waals surface area contributed by atoms with Crippen LogP contribution in [-0.4, -0.2) is 46.5 Å². The molecule has 2 N–H and O–H groups in total. The molecule has 2 aromatic carbocycles. The second-order valence-corrected chi connectivity index (χ2v) is 7.28. The Kier molecular flexibility index (Phi) is 4.75. The number of hydrogen-bond acceptors (Lipinski definition) is 6. The molecule has 0 bridgehead atoms. The van der Waals surface area contributed by atoms with E-state index in [2.05, 4.69) is 26.5 Å². The highest BCUT2D eigenvalue weighted by molar-refractivity contribution is 6.30. The first-order valence-electron chi connectivity index (χ1n) is 9.42. The summed E-state index contributed by atoms with van der Waals surface area (Å²) in [6.45, 7) is 2.89. The smallest absolute Gasteiger partial charge is 0.228 e. The van der Waals surface area contributed by atoms with Crippen LogP contribution in [0.2, 0.25) is 5.02 Å². The highest BCUT2D eigenvalue weighted by atomic mass is 35.5. The van der Waals surface area contributed by atoms with E-state index in [0.717, 1.165) is 46.8 Å². The molecule has 1 saturated heterocycles. The summed E-state index contributed by atoms with van der Waals surface area (Å²) < 4.78 is 5.48. The molecule has 5 rings (SSSR count). The molecule has 3 heterocycles. The average Bonchev–Trinajstić information content (AvgIpc) is 3.24. The van der Waals surface area contributed by atoms with Gasteiger partial charge in [-0.2, -0.15) is 10.1 Å². The van der Waals surface area contributed by atoms with Gasteiger partial charge in [0.15, 0.2) is 0 Å². The molecule has 8 heteroatoms. The van der Waals surface area contributed by atoms with Crippen molar-refractivity contribution in [3.05, 3.63) is 59.8 Å². The van der Waals surface area contributed by atoms with Gasteiger partial charge in [-0.15, -0.1) is 0 Å². The SMILES string of the molecule is Clc1ccc(Nc2cc(-c3ccc4[nH]ncc4c3)nc(N3CCOCC3)n2)cc1. The van der Waals surface area contributed by atoms with Crippen molar-refractivity contribution in [2.75, 3.05) is 36.5 Å². The van der Waals surface area contributed by atoms with Crippen molar-refractivity contribution in [3.8, 4) is 11.3 Å². The van der Waals surface area contributed by atoms with Crippen LogP contribution in [-0.2, 0) is 4.74 Å². The molecule has 0 spiro atoms. The van der Waals surface area contributed by atoms with E-state index in [1.807, 2.05) is 48.7 Å². The molecular weight excluding hydrogens is 388 g/mol. The largest absolute Gasteiger partial charge is 0.378 e. The number of nitrogens with one attached hydrogen (secondary N) is 2. The second kappa shape index (κ2) is 7.69. The Balaban J connectivity index is 1.55. The summed E-state index contributed by atoms with van der Waals surface area (Å²) in [6.07, 6.45) is 1.82. The van der Waals surface area contributed by atoms with E-state index in [0.29, 0.717) is 24.2 Å². The summed E-state index contributed by atoms with van der Waals surface area (Å²) in [6, 6.07) is 15.6. The van der Waals surface area contributed by atoms with Crippen molar-refractivity contribution < 1.29 is 4.74 Å². The Hall–Kier alpha value is -3.16. The highest BCUT2D eigenvalue weighted by Gasteiger charge is 2.17. The van der Waals surface area contributed by atoms with Crippen LogP contribution in [0, 0.1) is 0 Å². The summed E-state index contributed by atoms with van der Waals surface area (Å²) in [5.41, 5.74) is 3.77. The van der Waals surface area contributed by atoms with E-state index < -0.39 is 0 Å². The first-order valence-corrected chi connectivity index (χ1v) is 9.80. The number of rotatable bonds is 4. The Morgan fingerprint density at radius 2 is 1.83 bits per heavy atom. The molecule has 4 aromatic rings. The number of fused-ring (bicyclic) bond motifs is 1. The molecule has 0 radical (unpaired) electrons. The first kappa shape index (κ1) is 17.9. The molecule has 0 atom stereocenters. The lowest BCUT2D eigenvalue weighted by atomic mass is 10.1. The topological polar surface area (TPSA) is 79.0 Å². The minimum absolute atomic E-state index is 0.675. The van der Waals surface area contributed by atoms with Gasteiger partial charge in [-0.25, -0.2) is 4.98 Å². The van der Waals surface area contributed by atoms with Gasteiger partial charge in [0.25, 0.3) is 0 Å². The number of benzene rings is 2. The molecule has 0 saturated carbocycles. The first-order chi connectivity index (χ1) is 14.2. The zero-order valence-corrected chi connectivity index (χ0v) is 16.4. The number of nitrogens with zero attached hydrogens (tertiary/aromatic N) is 4. The van der Waals surface area contributed by atoms with Gasteiger partial charge in [-0.05, 0) is 36.4 Å². The van der Waals surface area contributed by atoms with Gasteiger partial charge in [-0.3, -0.25) is 5.10 Å². The van der Waals surface area contributed by atoms with E-state index >= 15 is 0 Å². The molecule has 1 fully saturated rings. The average molecular weight is 407 g/mol. The molecule has 0 aliphatic carbocycles. The maximum Gasteiger partial charge on any atom is 0.228 e. The molecule has 1 aliphatic rings. The van der Waals surface area contributed by atoms with Crippen LogP contribution >= 0.6 is 11.6 Å². The third kappa shape index (κ3) is 3.87. The number of aromatic amines is 1. The van der Waals surface area contributed by atoms with Gasteiger partial charge in [0.1, 0.15) is 5.82 Å². The highest BCUT2D eigenvalue weighted by Crippen LogP contribution is 2.27. The van der Waals surface area contributed by atoms with Gasteiger partial charge in [-0.1, -0.05) is 17.7 Å². The fourth-order valence-electron chi connectivity index (χ4n) is 3.33. The lowest BCUT2D eigenvalue weighted by molar-refractivity contribution is 0.122. The lowest BCUT2D eigenvalue weighted by Crippen LogP contribution is -2.37. The molecule has 0 amide bonds. The number of anilines is 3. The normalized spacial score (nSPS) is 14.3. The predicted molar refractivity (Wildman–Crippen MR) is 115 cm³/mol. The number of halogens is 1. The Morgan fingerprint density at radius 1 is 1.00 bits per heavy atom. The van der Waals surface area contributed by atoms with Gasteiger partial charge in [0, 0.05) is 40.8 Å². The zero-order valence-electron chi connectivity index (χ0n) is 15.6. The zero-order chi connectivity index (χ0) is 19.6. The van der Waals surface area contributed by atoms with Crippen LogP contribution in [0.1, 0.15) is 0 Å². The van der Waals surface area contributed by atoms with Crippen LogP contribution in [0.25, 0.3) is 22.2 Å². The third-order valence-corrected chi connectivity index (χ3v) is 5.11. The number of H-pyrrole nitrogens is 1. The summed E-state index contributed by atoms with van der Waals surface area (Å²) in [5.74, 6) is 1.42. The van der Waals surface area contributed by atoms with Crippen LogP contribution < -0.4 is 10.2 Å². The Bertz CT molecular complexity index is 1140. The molecule has 29 heavy (non-hydrogen) atoms. The number of hydrogen-bond donors (Lipinski definition) is 2. The van der Waals surface area contributed by atoms with Crippen molar-refractivity contribution in [2.45, 2.75) is 0 Å². The van der Waals surface area contributed by atoms with Crippen LogP contribution in [0.3, 0.4) is 0 Å². The van der Waals surface area contributed by atoms with Gasteiger partial charge < -0.3 is 15.0 Å². The minimum Gasteiger partial charge on any atom is -0.378 e. The molecule has 1 aliphatic heterocycles. The van der Waals surface area contributed by atoms with Gasteiger partial charge in [0.05, 0.1) is 30.6 Å². The van der Waals surface area contributed by atoms with Crippen LogP contribution in [0.4, 0.5) is 17.5 Å². The lowest BCUT2D eigenvalue weighted by Gasteiger charge is -2.27. The number of aromatic nitrogens is 4. The van der Waals surface area contributed by atoms with Gasteiger partial charge >= 0.3 is 0 Å². The summed E-state index contributed by atoms with van der Waals surface area (Å²) in [5, 5.41) is 12.2. The van der Waals surface area contributed by atoms with E-state index in [9.17, 15) is 0 Å². The van der Waals surface area contributed by atoms with E-state index in [1.54, 1.807) is 0 Å². The molecule has 146 valence electrons. The number of ether oxygens (including phenoxy) is 1. The van der Waals surface area contributed by atoms with E-state index in [4.69, 9.17) is 26.3 Å². The Labute approximate surface area is 172 Å².